The van der Waals surface area contributed by atoms with Gasteiger partial charge in [0.25, 0.3) is 5.91 Å². The van der Waals surface area contributed by atoms with Crippen molar-refractivity contribution in [1.29, 1.82) is 0 Å². The molecule has 0 spiro atoms. The summed E-state index contributed by atoms with van der Waals surface area (Å²) in [4.78, 5) is 13.8. The molecule has 1 fully saturated rings. The lowest BCUT2D eigenvalue weighted by molar-refractivity contribution is -0.925. The van der Waals surface area contributed by atoms with Crippen molar-refractivity contribution in [2.45, 2.75) is 39.8 Å². The first-order valence-corrected chi connectivity index (χ1v) is 8.24. The molecule has 1 aliphatic heterocycles. The number of amides is 1. The SMILES string of the molecule is COc1ccc(CNC(=O)[C@H](C)[NH+]2C[C@H](C)C[C@@H](C)C2)cc1. The molecule has 1 saturated heterocycles. The molecule has 0 radical (unpaired) electrons. The van der Waals surface area contributed by atoms with Gasteiger partial charge >= 0.3 is 0 Å². The van der Waals surface area contributed by atoms with E-state index in [1.165, 1.54) is 11.3 Å². The van der Waals surface area contributed by atoms with Gasteiger partial charge in [-0.15, -0.1) is 0 Å². The summed E-state index contributed by atoms with van der Waals surface area (Å²) in [5.74, 6) is 2.39. The summed E-state index contributed by atoms with van der Waals surface area (Å²) < 4.78 is 5.14. The lowest BCUT2D eigenvalue weighted by atomic mass is 9.91. The van der Waals surface area contributed by atoms with E-state index < -0.39 is 0 Å². The maximum atomic E-state index is 12.4. The minimum absolute atomic E-state index is 0.0171. The van der Waals surface area contributed by atoms with Crippen LogP contribution in [0.5, 0.6) is 5.75 Å². The zero-order valence-corrected chi connectivity index (χ0v) is 14.2. The third-order valence-corrected chi connectivity index (χ3v) is 4.66. The van der Waals surface area contributed by atoms with E-state index in [0.29, 0.717) is 18.4 Å². The predicted octanol–water partition coefficient (Wildman–Crippen LogP) is 1.26. The van der Waals surface area contributed by atoms with Crippen molar-refractivity contribution in [2.24, 2.45) is 11.8 Å². The molecule has 0 aliphatic carbocycles. The molecule has 1 aliphatic rings. The second-order valence-electron chi connectivity index (χ2n) is 6.80. The Balaban J connectivity index is 1.85. The average molecular weight is 305 g/mol. The van der Waals surface area contributed by atoms with Crippen molar-refractivity contribution in [3.05, 3.63) is 29.8 Å². The van der Waals surface area contributed by atoms with Crippen molar-refractivity contribution >= 4 is 5.91 Å². The largest absolute Gasteiger partial charge is 0.497 e. The second kappa shape index (κ2) is 7.63. The highest BCUT2D eigenvalue weighted by atomic mass is 16.5. The van der Waals surface area contributed by atoms with E-state index in [9.17, 15) is 4.79 Å². The lowest BCUT2D eigenvalue weighted by Gasteiger charge is -2.35. The molecule has 4 nitrogen and oxygen atoms in total. The van der Waals surface area contributed by atoms with Crippen molar-refractivity contribution in [2.75, 3.05) is 20.2 Å². The number of carbonyl (C=O) groups is 1. The Bertz CT molecular complexity index is 476. The minimum Gasteiger partial charge on any atom is -0.497 e. The molecular weight excluding hydrogens is 276 g/mol. The number of likely N-dealkylation sites (tertiary alicyclic amines) is 1. The van der Waals surface area contributed by atoms with E-state index in [1.807, 2.05) is 31.2 Å². The first-order chi connectivity index (χ1) is 10.5. The molecule has 4 heteroatoms. The molecule has 1 aromatic rings. The first kappa shape index (κ1) is 16.8. The highest BCUT2D eigenvalue weighted by Crippen LogP contribution is 2.13. The molecular formula is C18H29N2O2+. The number of nitrogens with one attached hydrogen (secondary N) is 2. The third-order valence-electron chi connectivity index (χ3n) is 4.66. The lowest BCUT2D eigenvalue weighted by Crippen LogP contribution is -3.18. The fourth-order valence-electron chi connectivity index (χ4n) is 3.46. The molecule has 0 unspecified atom stereocenters. The van der Waals surface area contributed by atoms with Gasteiger partial charge in [-0.1, -0.05) is 26.0 Å². The van der Waals surface area contributed by atoms with Crippen LogP contribution in [0.25, 0.3) is 0 Å². The van der Waals surface area contributed by atoms with E-state index in [-0.39, 0.29) is 11.9 Å². The molecule has 1 heterocycles. The molecule has 22 heavy (non-hydrogen) atoms. The van der Waals surface area contributed by atoms with Gasteiger partial charge in [0.1, 0.15) is 5.75 Å². The first-order valence-electron chi connectivity index (χ1n) is 8.24. The highest BCUT2D eigenvalue weighted by Gasteiger charge is 2.32. The van der Waals surface area contributed by atoms with Gasteiger partial charge in [-0.2, -0.15) is 0 Å². The Morgan fingerprint density at radius 2 is 1.86 bits per heavy atom. The third kappa shape index (κ3) is 4.47. The number of carbonyl (C=O) groups excluding carboxylic acids is 1. The van der Waals surface area contributed by atoms with Gasteiger partial charge in [0.2, 0.25) is 0 Å². The van der Waals surface area contributed by atoms with E-state index in [0.717, 1.165) is 24.4 Å². The number of hydrogen-bond acceptors (Lipinski definition) is 2. The maximum Gasteiger partial charge on any atom is 0.278 e. The van der Waals surface area contributed by atoms with Gasteiger partial charge in [0.15, 0.2) is 6.04 Å². The number of benzene rings is 1. The van der Waals surface area contributed by atoms with Crippen molar-refractivity contribution in [1.82, 2.24) is 5.32 Å². The van der Waals surface area contributed by atoms with Gasteiger partial charge in [-0.05, 0) is 31.0 Å². The summed E-state index contributed by atoms with van der Waals surface area (Å²) in [6, 6.07) is 7.83. The summed E-state index contributed by atoms with van der Waals surface area (Å²) in [5, 5.41) is 3.06. The van der Waals surface area contributed by atoms with E-state index in [1.54, 1.807) is 7.11 Å². The van der Waals surface area contributed by atoms with Crippen LogP contribution in [0.15, 0.2) is 24.3 Å². The summed E-state index contributed by atoms with van der Waals surface area (Å²) in [7, 11) is 1.65. The van der Waals surface area contributed by atoms with E-state index >= 15 is 0 Å². The maximum absolute atomic E-state index is 12.4. The molecule has 3 atom stereocenters. The normalized spacial score (nSPS) is 26.3. The van der Waals surface area contributed by atoms with Crippen LogP contribution in [-0.4, -0.2) is 32.1 Å². The second-order valence-corrected chi connectivity index (χ2v) is 6.80. The fourth-order valence-corrected chi connectivity index (χ4v) is 3.46. The fraction of sp³-hybridized carbons (Fsp3) is 0.611. The van der Waals surface area contributed by atoms with Crippen molar-refractivity contribution in [3.8, 4) is 5.75 Å². The van der Waals surface area contributed by atoms with E-state index in [2.05, 4.69) is 19.2 Å². The number of piperidine rings is 1. The summed E-state index contributed by atoms with van der Waals surface area (Å²) in [5.41, 5.74) is 1.09. The van der Waals surface area contributed by atoms with Gasteiger partial charge in [-0.3, -0.25) is 4.79 Å². The Morgan fingerprint density at radius 3 is 2.41 bits per heavy atom. The van der Waals surface area contributed by atoms with Crippen LogP contribution in [0, 0.1) is 11.8 Å². The zero-order chi connectivity index (χ0) is 16.1. The van der Waals surface area contributed by atoms with E-state index in [4.69, 9.17) is 4.74 Å². The van der Waals surface area contributed by atoms with Crippen LogP contribution in [0.1, 0.15) is 32.8 Å². The topological polar surface area (TPSA) is 42.8 Å². The molecule has 1 amide bonds. The number of ether oxygens (including phenoxy) is 1. The van der Waals surface area contributed by atoms with Crippen LogP contribution in [0.3, 0.4) is 0 Å². The van der Waals surface area contributed by atoms with Crippen molar-refractivity contribution < 1.29 is 14.4 Å². The summed E-state index contributed by atoms with van der Waals surface area (Å²) >= 11 is 0. The highest BCUT2D eigenvalue weighted by molar-refractivity contribution is 5.79. The number of quaternary nitrogens is 1. The standard InChI is InChI=1S/C18H28N2O2/c1-13-9-14(2)12-20(11-13)15(3)18(21)19-10-16-5-7-17(22-4)8-6-16/h5-8,13-15H,9-12H2,1-4H3,(H,19,21)/p+1/t13-,14-,15+/m1/s1. The Morgan fingerprint density at radius 1 is 1.27 bits per heavy atom. The van der Waals surface area contributed by atoms with Gasteiger partial charge in [0.05, 0.1) is 20.2 Å². The smallest absolute Gasteiger partial charge is 0.278 e. The molecule has 2 N–H and O–H groups in total. The number of methoxy groups -OCH3 is 1. The molecule has 0 aromatic heterocycles. The van der Waals surface area contributed by atoms with Gasteiger partial charge < -0.3 is 15.0 Å². The summed E-state index contributed by atoms with van der Waals surface area (Å²) in [6.07, 6.45) is 1.28. The van der Waals surface area contributed by atoms with Crippen LogP contribution in [-0.2, 0) is 11.3 Å². The molecule has 1 aromatic carbocycles. The zero-order valence-electron chi connectivity index (χ0n) is 14.2. The molecule has 122 valence electrons. The van der Waals surface area contributed by atoms with Crippen LogP contribution in [0.4, 0.5) is 0 Å². The molecule has 0 bridgehead atoms. The minimum atomic E-state index is 0.0171. The Labute approximate surface area is 133 Å². The average Bonchev–Trinajstić information content (AvgIpc) is 2.51. The Kier molecular flexibility index (Phi) is 5.83. The van der Waals surface area contributed by atoms with Gasteiger partial charge in [0, 0.05) is 18.4 Å². The number of hydrogen-bond donors (Lipinski definition) is 2. The molecule has 2 rings (SSSR count). The quantitative estimate of drug-likeness (QED) is 0.860. The van der Waals surface area contributed by atoms with Crippen LogP contribution in [0.2, 0.25) is 0 Å². The molecule has 0 saturated carbocycles. The summed E-state index contributed by atoms with van der Waals surface area (Å²) in [6.45, 7) is 9.40. The van der Waals surface area contributed by atoms with Crippen LogP contribution >= 0.6 is 0 Å². The van der Waals surface area contributed by atoms with Gasteiger partial charge in [-0.25, -0.2) is 0 Å². The monoisotopic (exact) mass is 305 g/mol. The number of rotatable bonds is 5. The van der Waals surface area contributed by atoms with Crippen LogP contribution < -0.4 is 15.0 Å². The predicted molar refractivity (Wildman–Crippen MR) is 87.9 cm³/mol. The van der Waals surface area contributed by atoms with Crippen molar-refractivity contribution in [3.63, 3.8) is 0 Å². The Hall–Kier alpha value is -1.55.